The van der Waals surface area contributed by atoms with E-state index in [1.165, 1.54) is 17.8 Å². The molecule has 0 saturated carbocycles. The van der Waals surface area contributed by atoms with Crippen LogP contribution in [0, 0.1) is 6.92 Å². The van der Waals surface area contributed by atoms with Gasteiger partial charge in [0.1, 0.15) is 17.0 Å². The van der Waals surface area contributed by atoms with E-state index in [-0.39, 0.29) is 5.75 Å². The summed E-state index contributed by atoms with van der Waals surface area (Å²) >= 11 is 1.51. The number of fused-ring (bicyclic) bond motifs is 1. The first-order chi connectivity index (χ1) is 8.58. The van der Waals surface area contributed by atoms with Crippen LogP contribution in [0.25, 0.3) is 10.2 Å². The standard InChI is InChI=1S/C10H12N2O2S.C3H8/c1-5-6(13)4-7(14-3)8-9(5)15-10(11-2)12-8;1-3-2/h4,13H,1-3H3,(H,11,12);3H2,1-2H3. The molecule has 0 aliphatic carbocycles. The number of ether oxygens (including phenoxy) is 1. The van der Waals surface area contributed by atoms with E-state index in [1.807, 2.05) is 14.0 Å². The Kier molecular flexibility index (Phi) is 5.22. The highest BCUT2D eigenvalue weighted by Crippen LogP contribution is 2.39. The van der Waals surface area contributed by atoms with Crippen LogP contribution in [0.15, 0.2) is 6.07 Å². The highest BCUT2D eigenvalue weighted by atomic mass is 32.1. The normalized spacial score (nSPS) is 9.83. The van der Waals surface area contributed by atoms with Gasteiger partial charge < -0.3 is 15.2 Å². The second kappa shape index (κ2) is 6.44. The van der Waals surface area contributed by atoms with E-state index in [1.54, 1.807) is 13.2 Å². The molecule has 2 aromatic rings. The molecule has 1 heterocycles. The van der Waals surface area contributed by atoms with Crippen molar-refractivity contribution in [3.05, 3.63) is 11.6 Å². The SMILES string of the molecule is CCC.CNc1nc2c(OC)cc(O)c(C)c2s1. The van der Waals surface area contributed by atoms with Crippen LogP contribution in [0.5, 0.6) is 11.5 Å². The van der Waals surface area contributed by atoms with Gasteiger partial charge in [-0.3, -0.25) is 0 Å². The molecule has 100 valence electrons. The van der Waals surface area contributed by atoms with Crippen molar-refractivity contribution in [3.8, 4) is 11.5 Å². The minimum atomic E-state index is 0.241. The lowest BCUT2D eigenvalue weighted by Gasteiger charge is -2.04. The van der Waals surface area contributed by atoms with Gasteiger partial charge in [0, 0.05) is 18.7 Å². The fourth-order valence-electron chi connectivity index (χ4n) is 1.42. The number of rotatable bonds is 2. The van der Waals surface area contributed by atoms with Crippen molar-refractivity contribution >= 4 is 26.7 Å². The van der Waals surface area contributed by atoms with Crippen molar-refractivity contribution in [2.45, 2.75) is 27.2 Å². The van der Waals surface area contributed by atoms with Gasteiger partial charge in [0.25, 0.3) is 0 Å². The average molecular weight is 268 g/mol. The van der Waals surface area contributed by atoms with Crippen LogP contribution in [-0.2, 0) is 0 Å². The number of methoxy groups -OCH3 is 1. The summed E-state index contributed by atoms with van der Waals surface area (Å²) < 4.78 is 6.13. The number of hydrogen-bond acceptors (Lipinski definition) is 5. The lowest BCUT2D eigenvalue weighted by Crippen LogP contribution is -1.87. The highest BCUT2D eigenvalue weighted by Gasteiger charge is 2.13. The van der Waals surface area contributed by atoms with Gasteiger partial charge in [-0.25, -0.2) is 4.98 Å². The zero-order valence-electron chi connectivity index (χ0n) is 11.5. The zero-order valence-corrected chi connectivity index (χ0v) is 12.3. The Morgan fingerprint density at radius 3 is 2.56 bits per heavy atom. The first-order valence-electron chi connectivity index (χ1n) is 5.93. The lowest BCUT2D eigenvalue weighted by molar-refractivity contribution is 0.411. The maximum atomic E-state index is 9.69. The number of benzene rings is 1. The van der Waals surface area contributed by atoms with Gasteiger partial charge in [-0.1, -0.05) is 31.6 Å². The first-order valence-corrected chi connectivity index (χ1v) is 6.75. The average Bonchev–Trinajstić information content (AvgIpc) is 2.79. The molecule has 5 heteroatoms. The predicted octanol–water partition coefficient (Wildman–Crippen LogP) is 3.78. The minimum absolute atomic E-state index is 0.241. The van der Waals surface area contributed by atoms with Crippen LogP contribution in [0.2, 0.25) is 0 Å². The van der Waals surface area contributed by atoms with Crippen LogP contribution in [0.3, 0.4) is 0 Å². The van der Waals surface area contributed by atoms with Gasteiger partial charge in [0.15, 0.2) is 5.13 Å². The molecule has 0 amide bonds. The van der Waals surface area contributed by atoms with Crippen LogP contribution >= 0.6 is 11.3 Å². The van der Waals surface area contributed by atoms with Crippen molar-refractivity contribution in [3.63, 3.8) is 0 Å². The number of aryl methyl sites for hydroxylation is 1. The number of anilines is 1. The van der Waals surface area contributed by atoms with Crippen molar-refractivity contribution in [2.75, 3.05) is 19.5 Å². The Hall–Kier alpha value is -1.49. The molecule has 0 saturated heterocycles. The van der Waals surface area contributed by atoms with Crippen molar-refractivity contribution in [2.24, 2.45) is 0 Å². The lowest BCUT2D eigenvalue weighted by atomic mass is 10.2. The fourth-order valence-corrected chi connectivity index (χ4v) is 2.35. The quantitative estimate of drug-likeness (QED) is 0.870. The van der Waals surface area contributed by atoms with Crippen molar-refractivity contribution in [1.82, 2.24) is 4.98 Å². The minimum Gasteiger partial charge on any atom is -0.507 e. The second-order valence-corrected chi connectivity index (χ2v) is 4.88. The number of nitrogens with zero attached hydrogens (tertiary/aromatic N) is 1. The van der Waals surface area contributed by atoms with E-state index >= 15 is 0 Å². The monoisotopic (exact) mass is 268 g/mol. The largest absolute Gasteiger partial charge is 0.507 e. The maximum absolute atomic E-state index is 9.69. The molecule has 2 N–H and O–H groups in total. The maximum Gasteiger partial charge on any atom is 0.183 e. The molecule has 1 aromatic heterocycles. The van der Waals surface area contributed by atoms with E-state index < -0.39 is 0 Å². The molecule has 1 aromatic carbocycles. The van der Waals surface area contributed by atoms with E-state index in [4.69, 9.17) is 4.74 Å². The molecule has 0 atom stereocenters. The summed E-state index contributed by atoms with van der Waals surface area (Å²) in [7, 11) is 3.39. The number of aromatic nitrogens is 1. The highest BCUT2D eigenvalue weighted by molar-refractivity contribution is 7.22. The Balaban J connectivity index is 0.000000492. The van der Waals surface area contributed by atoms with E-state index in [0.717, 1.165) is 20.9 Å². The number of hydrogen-bond donors (Lipinski definition) is 2. The van der Waals surface area contributed by atoms with Gasteiger partial charge in [0.2, 0.25) is 0 Å². The Bertz CT molecular complexity index is 523. The van der Waals surface area contributed by atoms with E-state index in [0.29, 0.717) is 5.75 Å². The van der Waals surface area contributed by atoms with Crippen molar-refractivity contribution < 1.29 is 9.84 Å². The molecule has 4 nitrogen and oxygen atoms in total. The van der Waals surface area contributed by atoms with E-state index in [9.17, 15) is 5.11 Å². The van der Waals surface area contributed by atoms with Crippen LogP contribution in [0.4, 0.5) is 5.13 Å². The summed E-state index contributed by atoms with van der Waals surface area (Å²) in [6.07, 6.45) is 1.25. The first kappa shape index (κ1) is 14.6. The van der Waals surface area contributed by atoms with Gasteiger partial charge in [-0.2, -0.15) is 0 Å². The second-order valence-electron chi connectivity index (χ2n) is 3.88. The summed E-state index contributed by atoms with van der Waals surface area (Å²) in [4.78, 5) is 4.38. The molecule has 0 spiro atoms. The van der Waals surface area contributed by atoms with Gasteiger partial charge >= 0.3 is 0 Å². The Morgan fingerprint density at radius 2 is 2.06 bits per heavy atom. The third kappa shape index (κ3) is 2.85. The summed E-state index contributed by atoms with van der Waals surface area (Å²) in [5, 5.41) is 13.5. The third-order valence-corrected chi connectivity index (χ3v) is 3.48. The molecular weight excluding hydrogens is 248 g/mol. The summed E-state index contributed by atoms with van der Waals surface area (Å²) in [5.41, 5.74) is 1.63. The number of phenolic OH excluding ortho intramolecular Hbond substituents is 1. The molecule has 18 heavy (non-hydrogen) atoms. The smallest absolute Gasteiger partial charge is 0.183 e. The van der Waals surface area contributed by atoms with Crippen LogP contribution in [0.1, 0.15) is 25.8 Å². The summed E-state index contributed by atoms with van der Waals surface area (Å²) in [6.45, 7) is 6.12. The molecular formula is C13H20N2O2S. The van der Waals surface area contributed by atoms with Crippen LogP contribution < -0.4 is 10.1 Å². The number of aromatic hydroxyl groups is 1. The molecule has 0 aliphatic rings. The topological polar surface area (TPSA) is 54.4 Å². The number of nitrogens with one attached hydrogen (secondary N) is 1. The Labute approximate surface area is 112 Å². The Morgan fingerprint density at radius 1 is 1.44 bits per heavy atom. The molecule has 0 bridgehead atoms. The molecule has 0 unspecified atom stereocenters. The molecule has 0 fully saturated rings. The number of thiazole rings is 1. The molecule has 2 rings (SSSR count). The van der Waals surface area contributed by atoms with Crippen LogP contribution in [-0.4, -0.2) is 24.2 Å². The van der Waals surface area contributed by atoms with Gasteiger partial charge in [-0.05, 0) is 6.92 Å². The van der Waals surface area contributed by atoms with Gasteiger partial charge in [0.05, 0.1) is 11.8 Å². The summed E-state index contributed by atoms with van der Waals surface area (Å²) in [5.74, 6) is 0.844. The fraction of sp³-hybridized carbons (Fsp3) is 0.462. The summed E-state index contributed by atoms with van der Waals surface area (Å²) in [6, 6.07) is 1.59. The van der Waals surface area contributed by atoms with Gasteiger partial charge in [-0.15, -0.1) is 0 Å². The predicted molar refractivity (Wildman–Crippen MR) is 78.1 cm³/mol. The third-order valence-electron chi connectivity index (χ3n) is 2.29. The zero-order chi connectivity index (χ0) is 13.7. The molecule has 0 radical (unpaired) electrons. The van der Waals surface area contributed by atoms with Crippen molar-refractivity contribution in [1.29, 1.82) is 0 Å². The van der Waals surface area contributed by atoms with E-state index in [2.05, 4.69) is 24.1 Å². The number of phenols is 1. The molecule has 0 aliphatic heterocycles.